The van der Waals surface area contributed by atoms with Gasteiger partial charge in [0, 0.05) is 12.8 Å². The molecule has 0 aliphatic carbocycles. The van der Waals surface area contributed by atoms with Crippen molar-refractivity contribution in [3.8, 4) is 0 Å². The Balaban J connectivity index is 3.79. The van der Waals surface area contributed by atoms with Crippen LogP contribution in [0.25, 0.3) is 0 Å². The molecular weight excluding hydrogens is 693 g/mol. The van der Waals surface area contributed by atoms with E-state index in [4.69, 9.17) is 9.47 Å². The molecule has 310 valence electrons. The highest BCUT2D eigenvalue weighted by Crippen LogP contribution is 2.09. The zero-order valence-electron chi connectivity index (χ0n) is 35.1. The number of aliphatic hydroxyl groups is 1. The van der Waals surface area contributed by atoms with Crippen LogP contribution in [-0.4, -0.2) is 36.4 Å². The van der Waals surface area contributed by atoms with E-state index < -0.39 is 6.10 Å². The Bertz CT molecular complexity index is 1280. The van der Waals surface area contributed by atoms with Gasteiger partial charge < -0.3 is 14.6 Å². The van der Waals surface area contributed by atoms with Gasteiger partial charge in [-0.2, -0.15) is 0 Å². The molecule has 1 N–H and O–H groups in total. The molecule has 0 aromatic heterocycles. The topological polar surface area (TPSA) is 72.8 Å². The first-order valence-corrected chi connectivity index (χ1v) is 21.4. The summed E-state index contributed by atoms with van der Waals surface area (Å²) in [6.07, 6.45) is 69.2. The van der Waals surface area contributed by atoms with Gasteiger partial charge in [-0.05, 0) is 103 Å². The number of aliphatic hydroxyl groups excluding tert-OH is 1. The van der Waals surface area contributed by atoms with Crippen molar-refractivity contribution in [2.24, 2.45) is 0 Å². The fraction of sp³-hybridized carbons (Fsp3) is 0.490. The minimum Gasteiger partial charge on any atom is -0.462 e. The number of hydrogen-bond donors (Lipinski definition) is 1. The van der Waals surface area contributed by atoms with Crippen molar-refractivity contribution in [3.63, 3.8) is 0 Å². The van der Waals surface area contributed by atoms with Crippen molar-refractivity contribution < 1.29 is 24.2 Å². The molecule has 0 heterocycles. The summed E-state index contributed by atoms with van der Waals surface area (Å²) in [6.45, 7) is 3.79. The van der Waals surface area contributed by atoms with Crippen LogP contribution in [0.4, 0.5) is 0 Å². The summed E-state index contributed by atoms with van der Waals surface area (Å²) in [5.41, 5.74) is 0. The zero-order chi connectivity index (χ0) is 40.7. The first-order chi connectivity index (χ1) is 27.6. The molecule has 0 fully saturated rings. The van der Waals surface area contributed by atoms with Crippen LogP contribution in [0, 0.1) is 0 Å². The minimum atomic E-state index is -0.828. The summed E-state index contributed by atoms with van der Waals surface area (Å²) in [7, 11) is 0. The van der Waals surface area contributed by atoms with E-state index in [-0.39, 0.29) is 31.6 Å². The number of allylic oxidation sites excluding steroid dienone is 24. The molecule has 1 atom stereocenters. The highest BCUT2D eigenvalue weighted by molar-refractivity contribution is 5.70. The standard InChI is InChI=1S/C51H76O5/c1-3-5-7-9-11-13-15-17-19-21-23-24-25-26-28-30-32-34-36-38-40-42-44-46-51(54)56-49(47-52)48-55-50(53)45-43-41-39-37-35-33-31-29-27-22-20-18-16-14-12-10-8-6-4-2/h5-8,11-14,17-20,23-24,26-29,32-35,39,41,49,52H,3-4,9-10,15-16,21-22,25,30-31,36-38,40,42-48H2,1-2H3/b7-5-,8-6-,13-11-,14-12-,19-17-,20-18-,24-23-,28-26-,29-27-,34-32-,35-33-,41-39-. The monoisotopic (exact) mass is 769 g/mol. The van der Waals surface area contributed by atoms with Crippen LogP contribution in [0.15, 0.2) is 146 Å². The first kappa shape index (κ1) is 51.8. The predicted molar refractivity (Wildman–Crippen MR) is 241 cm³/mol. The molecule has 0 aliphatic heterocycles. The van der Waals surface area contributed by atoms with Crippen LogP contribution in [-0.2, 0) is 19.1 Å². The lowest BCUT2D eigenvalue weighted by atomic mass is 10.1. The summed E-state index contributed by atoms with van der Waals surface area (Å²) in [4.78, 5) is 24.3. The van der Waals surface area contributed by atoms with Crippen LogP contribution < -0.4 is 0 Å². The Labute approximate surface area is 342 Å². The second-order valence-corrected chi connectivity index (χ2v) is 13.3. The molecule has 0 spiro atoms. The molecular formula is C51H76O5. The average Bonchev–Trinajstić information content (AvgIpc) is 3.20. The molecule has 5 nitrogen and oxygen atoms in total. The highest BCUT2D eigenvalue weighted by atomic mass is 16.6. The summed E-state index contributed by atoms with van der Waals surface area (Å²) in [5.74, 6) is -0.735. The number of carbonyl (C=O) groups excluding carboxylic acids is 2. The lowest BCUT2D eigenvalue weighted by molar-refractivity contribution is -0.161. The van der Waals surface area contributed by atoms with E-state index in [1.165, 1.54) is 0 Å². The Hall–Kier alpha value is -4.22. The molecule has 0 amide bonds. The lowest BCUT2D eigenvalue weighted by Crippen LogP contribution is -2.28. The fourth-order valence-corrected chi connectivity index (χ4v) is 4.99. The largest absolute Gasteiger partial charge is 0.462 e. The molecule has 0 radical (unpaired) electrons. The number of esters is 2. The number of ether oxygens (including phenoxy) is 2. The Morgan fingerprint density at radius 3 is 1.12 bits per heavy atom. The van der Waals surface area contributed by atoms with Gasteiger partial charge in [0.1, 0.15) is 6.61 Å². The number of hydrogen-bond acceptors (Lipinski definition) is 5. The second-order valence-electron chi connectivity index (χ2n) is 13.3. The van der Waals surface area contributed by atoms with Gasteiger partial charge in [-0.15, -0.1) is 0 Å². The van der Waals surface area contributed by atoms with Gasteiger partial charge in [0.15, 0.2) is 6.10 Å². The van der Waals surface area contributed by atoms with E-state index in [0.717, 1.165) is 109 Å². The lowest BCUT2D eigenvalue weighted by Gasteiger charge is -2.15. The van der Waals surface area contributed by atoms with Crippen molar-refractivity contribution in [1.29, 1.82) is 0 Å². The van der Waals surface area contributed by atoms with Crippen LogP contribution >= 0.6 is 0 Å². The zero-order valence-corrected chi connectivity index (χ0v) is 35.1. The molecule has 0 saturated heterocycles. The molecule has 0 rings (SSSR count). The number of rotatable bonds is 36. The third-order valence-corrected chi connectivity index (χ3v) is 8.14. The molecule has 56 heavy (non-hydrogen) atoms. The van der Waals surface area contributed by atoms with Gasteiger partial charge in [0.05, 0.1) is 6.61 Å². The third-order valence-electron chi connectivity index (χ3n) is 8.14. The van der Waals surface area contributed by atoms with Crippen molar-refractivity contribution in [2.75, 3.05) is 13.2 Å². The van der Waals surface area contributed by atoms with Gasteiger partial charge in [-0.1, -0.05) is 173 Å². The van der Waals surface area contributed by atoms with Crippen LogP contribution in [0.5, 0.6) is 0 Å². The van der Waals surface area contributed by atoms with E-state index in [9.17, 15) is 14.7 Å². The smallest absolute Gasteiger partial charge is 0.306 e. The van der Waals surface area contributed by atoms with Crippen molar-refractivity contribution in [1.82, 2.24) is 0 Å². The van der Waals surface area contributed by atoms with E-state index in [1.54, 1.807) is 0 Å². The van der Waals surface area contributed by atoms with Gasteiger partial charge in [-0.25, -0.2) is 0 Å². The maximum atomic E-state index is 12.2. The van der Waals surface area contributed by atoms with E-state index in [1.807, 2.05) is 12.2 Å². The summed E-state index contributed by atoms with van der Waals surface area (Å²) >= 11 is 0. The molecule has 1 unspecified atom stereocenters. The van der Waals surface area contributed by atoms with Crippen LogP contribution in [0.2, 0.25) is 0 Å². The van der Waals surface area contributed by atoms with E-state index in [2.05, 4.69) is 148 Å². The van der Waals surface area contributed by atoms with Gasteiger partial charge >= 0.3 is 11.9 Å². The summed E-state index contributed by atoms with van der Waals surface area (Å²) in [5, 5.41) is 9.57. The first-order valence-electron chi connectivity index (χ1n) is 21.4. The van der Waals surface area contributed by atoms with E-state index >= 15 is 0 Å². The van der Waals surface area contributed by atoms with Crippen LogP contribution in [0.3, 0.4) is 0 Å². The van der Waals surface area contributed by atoms with Crippen molar-refractivity contribution in [2.45, 2.75) is 148 Å². The molecule has 0 bridgehead atoms. The van der Waals surface area contributed by atoms with Gasteiger partial charge in [-0.3, -0.25) is 9.59 Å². The minimum absolute atomic E-state index is 0.128. The Kier molecular flexibility index (Phi) is 41.8. The maximum absolute atomic E-state index is 12.2. The fourth-order valence-electron chi connectivity index (χ4n) is 4.99. The van der Waals surface area contributed by atoms with Crippen molar-refractivity contribution >= 4 is 11.9 Å². The SMILES string of the molecule is CC/C=C\C/C=C\C/C=C\C/C=C\C/C=C\C/C=C\CCCCCCC(=O)OC(CO)COC(=O)CC/C=C\C/C=C\C/C=C\C/C=C\C/C=C\C/C=C\CC. The average molecular weight is 769 g/mol. The highest BCUT2D eigenvalue weighted by Gasteiger charge is 2.15. The Morgan fingerprint density at radius 2 is 0.750 bits per heavy atom. The van der Waals surface area contributed by atoms with Gasteiger partial charge in [0.25, 0.3) is 0 Å². The molecule has 0 aliphatic rings. The van der Waals surface area contributed by atoms with Gasteiger partial charge in [0.2, 0.25) is 0 Å². The molecule has 0 aromatic carbocycles. The molecule has 0 aromatic rings. The molecule has 5 heteroatoms. The quantitative estimate of drug-likeness (QED) is 0.0390. The number of unbranched alkanes of at least 4 members (excludes halogenated alkanes) is 4. The van der Waals surface area contributed by atoms with Crippen molar-refractivity contribution in [3.05, 3.63) is 146 Å². The normalized spacial score (nSPS) is 13.7. The molecule has 0 saturated carbocycles. The maximum Gasteiger partial charge on any atom is 0.306 e. The summed E-state index contributed by atoms with van der Waals surface area (Å²) in [6, 6.07) is 0. The van der Waals surface area contributed by atoms with Crippen LogP contribution in [0.1, 0.15) is 142 Å². The third kappa shape index (κ3) is 42.5. The predicted octanol–water partition coefficient (Wildman–Crippen LogP) is 13.9. The Morgan fingerprint density at radius 1 is 0.411 bits per heavy atom. The summed E-state index contributed by atoms with van der Waals surface area (Å²) < 4.78 is 10.5. The number of carbonyl (C=O) groups is 2. The second kappa shape index (κ2) is 45.2. The van der Waals surface area contributed by atoms with E-state index in [0.29, 0.717) is 12.8 Å².